The third-order valence-corrected chi connectivity index (χ3v) is 6.59. The third-order valence-electron chi connectivity index (χ3n) is 6.59. The molecule has 0 heterocycles. The number of nitrogens with one attached hydrogen (secondary N) is 1. The van der Waals surface area contributed by atoms with Crippen molar-refractivity contribution in [2.24, 2.45) is 16.7 Å². The minimum Gasteiger partial charge on any atom is -0.389 e. The maximum Gasteiger partial charge on any atom is 0.0897 e. The first-order valence-electron chi connectivity index (χ1n) is 8.95. The number of aliphatic hydroxyl groups is 1. The second-order valence-electron chi connectivity index (χ2n) is 8.67. The minimum atomic E-state index is -0.371. The van der Waals surface area contributed by atoms with Crippen molar-refractivity contribution in [2.45, 2.75) is 84.0 Å². The summed E-state index contributed by atoms with van der Waals surface area (Å²) in [5, 5.41) is 13.7. The Kier molecular flexibility index (Phi) is 4.37. The van der Waals surface area contributed by atoms with E-state index in [9.17, 15) is 5.11 Å². The van der Waals surface area contributed by atoms with E-state index in [1.54, 1.807) is 0 Å². The van der Waals surface area contributed by atoms with Gasteiger partial charge in [0, 0.05) is 12.6 Å². The second kappa shape index (κ2) is 5.82. The average Bonchev–Trinajstić information content (AvgIpc) is 3.09. The standard InChI is InChI=1S/C18H33NO2/c1-17(2)13-8-9-18(3,10-13)16(17)21-12-15(20)11-19-14-6-4-5-7-14/h13-16,19-20H,4-12H2,1-3H3/t13-,15-,16-,18-/m1/s1. The molecule has 122 valence electrons. The summed E-state index contributed by atoms with van der Waals surface area (Å²) in [7, 11) is 0. The van der Waals surface area contributed by atoms with Crippen LogP contribution in [-0.2, 0) is 4.74 Å². The number of ether oxygens (including phenoxy) is 1. The van der Waals surface area contributed by atoms with Crippen LogP contribution in [0.1, 0.15) is 65.7 Å². The van der Waals surface area contributed by atoms with Gasteiger partial charge in [0.15, 0.2) is 0 Å². The van der Waals surface area contributed by atoms with Gasteiger partial charge in [0.25, 0.3) is 0 Å². The zero-order valence-electron chi connectivity index (χ0n) is 14.0. The molecule has 0 aromatic rings. The first-order chi connectivity index (χ1) is 9.92. The molecule has 4 atom stereocenters. The van der Waals surface area contributed by atoms with Crippen molar-refractivity contribution in [1.82, 2.24) is 5.32 Å². The molecule has 0 radical (unpaired) electrons. The van der Waals surface area contributed by atoms with Crippen molar-refractivity contribution in [3.63, 3.8) is 0 Å². The highest BCUT2D eigenvalue weighted by Gasteiger charge is 2.60. The van der Waals surface area contributed by atoms with Crippen LogP contribution in [0.3, 0.4) is 0 Å². The molecule has 3 aliphatic carbocycles. The highest BCUT2D eigenvalue weighted by atomic mass is 16.5. The number of rotatable bonds is 6. The molecule has 2 bridgehead atoms. The van der Waals surface area contributed by atoms with E-state index in [1.165, 1.54) is 44.9 Å². The number of aliphatic hydroxyl groups excluding tert-OH is 1. The monoisotopic (exact) mass is 295 g/mol. The zero-order valence-corrected chi connectivity index (χ0v) is 14.0. The number of hydrogen-bond donors (Lipinski definition) is 2. The lowest BCUT2D eigenvalue weighted by molar-refractivity contribution is -0.110. The van der Waals surface area contributed by atoms with Gasteiger partial charge in [-0.15, -0.1) is 0 Å². The topological polar surface area (TPSA) is 41.5 Å². The maximum atomic E-state index is 10.2. The fourth-order valence-electron chi connectivity index (χ4n) is 5.37. The minimum absolute atomic E-state index is 0.269. The molecule has 0 aromatic carbocycles. The first kappa shape index (κ1) is 15.8. The van der Waals surface area contributed by atoms with Gasteiger partial charge in [-0.05, 0) is 48.9 Å². The summed E-state index contributed by atoms with van der Waals surface area (Å²) < 4.78 is 6.24. The Bertz CT molecular complexity index is 359. The van der Waals surface area contributed by atoms with Crippen LogP contribution in [0, 0.1) is 16.7 Å². The highest BCUT2D eigenvalue weighted by Crippen LogP contribution is 2.63. The smallest absolute Gasteiger partial charge is 0.0897 e. The van der Waals surface area contributed by atoms with E-state index in [4.69, 9.17) is 4.74 Å². The molecule has 3 heteroatoms. The van der Waals surface area contributed by atoms with Crippen molar-refractivity contribution in [2.75, 3.05) is 13.2 Å². The Hall–Kier alpha value is -0.120. The summed E-state index contributed by atoms with van der Waals surface area (Å²) in [6.07, 6.45) is 9.10. The molecule has 3 nitrogen and oxygen atoms in total. The average molecular weight is 295 g/mol. The van der Waals surface area contributed by atoms with Gasteiger partial charge < -0.3 is 15.2 Å². The largest absolute Gasteiger partial charge is 0.389 e. The Balaban J connectivity index is 1.46. The van der Waals surface area contributed by atoms with Gasteiger partial charge >= 0.3 is 0 Å². The fourth-order valence-corrected chi connectivity index (χ4v) is 5.37. The van der Waals surface area contributed by atoms with Crippen LogP contribution in [0.2, 0.25) is 0 Å². The van der Waals surface area contributed by atoms with Crippen LogP contribution in [0.4, 0.5) is 0 Å². The maximum absolute atomic E-state index is 10.2. The molecule has 0 amide bonds. The molecule has 2 N–H and O–H groups in total. The van der Waals surface area contributed by atoms with Crippen LogP contribution >= 0.6 is 0 Å². The quantitative estimate of drug-likeness (QED) is 0.791. The van der Waals surface area contributed by atoms with Gasteiger partial charge in [0.1, 0.15) is 0 Å². The van der Waals surface area contributed by atoms with Crippen molar-refractivity contribution in [3.8, 4) is 0 Å². The van der Waals surface area contributed by atoms with Gasteiger partial charge in [-0.25, -0.2) is 0 Å². The number of hydrogen-bond acceptors (Lipinski definition) is 3. The van der Waals surface area contributed by atoms with Gasteiger partial charge in [-0.1, -0.05) is 33.6 Å². The van der Waals surface area contributed by atoms with Crippen LogP contribution in [-0.4, -0.2) is 36.5 Å². The van der Waals surface area contributed by atoms with Crippen LogP contribution < -0.4 is 5.32 Å². The van der Waals surface area contributed by atoms with E-state index in [0.717, 1.165) is 5.92 Å². The SMILES string of the molecule is CC1(C)[C@@H]2CC[C@](C)(C2)[C@@H]1OC[C@H](O)CNC1CCCC1. The molecule has 0 aromatic heterocycles. The molecule has 0 saturated heterocycles. The molecule has 3 saturated carbocycles. The molecule has 21 heavy (non-hydrogen) atoms. The summed E-state index contributed by atoms with van der Waals surface area (Å²) >= 11 is 0. The van der Waals surface area contributed by atoms with Crippen LogP contribution in [0.15, 0.2) is 0 Å². The summed E-state index contributed by atoms with van der Waals surface area (Å²) in [5.74, 6) is 0.807. The van der Waals surface area contributed by atoms with Crippen molar-refractivity contribution in [3.05, 3.63) is 0 Å². The lowest BCUT2D eigenvalue weighted by Crippen LogP contribution is -2.45. The third kappa shape index (κ3) is 3.02. The van der Waals surface area contributed by atoms with Gasteiger partial charge in [0.05, 0.1) is 18.8 Å². The van der Waals surface area contributed by atoms with Crippen LogP contribution in [0.5, 0.6) is 0 Å². The molecular formula is C18H33NO2. The van der Waals surface area contributed by atoms with E-state index in [-0.39, 0.29) is 11.5 Å². The summed E-state index contributed by atoms with van der Waals surface area (Å²) in [5.41, 5.74) is 0.609. The lowest BCUT2D eigenvalue weighted by Gasteiger charge is -2.42. The van der Waals surface area contributed by atoms with Crippen LogP contribution in [0.25, 0.3) is 0 Å². The lowest BCUT2D eigenvalue weighted by atomic mass is 9.70. The molecule has 3 aliphatic rings. The number of fused-ring (bicyclic) bond motifs is 2. The molecule has 3 rings (SSSR count). The normalized spacial score (nSPS) is 40.0. The Morgan fingerprint density at radius 1 is 1.19 bits per heavy atom. The molecule has 0 aliphatic heterocycles. The molecular weight excluding hydrogens is 262 g/mol. The van der Waals surface area contributed by atoms with Crippen molar-refractivity contribution >= 4 is 0 Å². The molecule has 0 unspecified atom stereocenters. The summed E-state index contributed by atoms with van der Waals surface area (Å²) in [4.78, 5) is 0. The Morgan fingerprint density at radius 2 is 1.90 bits per heavy atom. The van der Waals surface area contributed by atoms with Gasteiger partial charge in [-0.3, -0.25) is 0 Å². The van der Waals surface area contributed by atoms with E-state index in [2.05, 4.69) is 26.1 Å². The second-order valence-corrected chi connectivity index (χ2v) is 8.67. The molecule has 3 fully saturated rings. The Labute approximate surface area is 129 Å². The fraction of sp³-hybridized carbons (Fsp3) is 1.00. The van der Waals surface area contributed by atoms with Gasteiger partial charge in [-0.2, -0.15) is 0 Å². The van der Waals surface area contributed by atoms with Gasteiger partial charge in [0.2, 0.25) is 0 Å². The summed E-state index contributed by atoms with van der Waals surface area (Å²) in [6, 6.07) is 0.621. The highest BCUT2D eigenvalue weighted by molar-refractivity contribution is 5.09. The van der Waals surface area contributed by atoms with E-state index in [0.29, 0.717) is 30.7 Å². The molecule has 0 spiro atoms. The van der Waals surface area contributed by atoms with E-state index in [1.807, 2.05) is 0 Å². The van der Waals surface area contributed by atoms with Crippen molar-refractivity contribution in [1.29, 1.82) is 0 Å². The summed E-state index contributed by atoms with van der Waals surface area (Å²) in [6.45, 7) is 8.26. The Morgan fingerprint density at radius 3 is 2.52 bits per heavy atom. The van der Waals surface area contributed by atoms with Crippen molar-refractivity contribution < 1.29 is 9.84 Å². The first-order valence-corrected chi connectivity index (χ1v) is 8.95. The predicted octanol–water partition coefficient (Wildman–Crippen LogP) is 3.11. The van der Waals surface area contributed by atoms with E-state index < -0.39 is 0 Å². The zero-order chi connectivity index (χ0) is 15.1. The van der Waals surface area contributed by atoms with E-state index >= 15 is 0 Å². The predicted molar refractivity (Wildman–Crippen MR) is 85.2 cm³/mol.